The Labute approximate surface area is 191 Å². The number of morpholine rings is 1. The van der Waals surface area contributed by atoms with Gasteiger partial charge in [0.25, 0.3) is 5.91 Å². The zero-order chi connectivity index (χ0) is 22.5. The average molecular weight is 457 g/mol. The molecule has 8 heteroatoms. The largest absolute Gasteiger partial charge is 0.493 e. The van der Waals surface area contributed by atoms with Crippen molar-refractivity contribution >= 4 is 22.2 Å². The molecule has 1 N–H and O–H groups in total. The molecular weight excluding hydrogens is 428 g/mol. The van der Waals surface area contributed by atoms with Gasteiger partial charge in [0.05, 0.1) is 39.7 Å². The molecule has 1 aliphatic heterocycles. The molecule has 1 fully saturated rings. The number of hydrogen-bond acceptors (Lipinski definition) is 7. The van der Waals surface area contributed by atoms with Crippen LogP contribution in [-0.4, -0.2) is 51.3 Å². The molecule has 32 heavy (non-hydrogen) atoms. The van der Waals surface area contributed by atoms with E-state index >= 15 is 0 Å². The maximum Gasteiger partial charge on any atom is 0.291 e. The zero-order valence-electron chi connectivity index (χ0n) is 18.6. The number of rotatable bonds is 8. The summed E-state index contributed by atoms with van der Waals surface area (Å²) in [7, 11) is 3.29. The molecule has 1 saturated heterocycles. The van der Waals surface area contributed by atoms with Gasteiger partial charge in [-0.3, -0.25) is 9.69 Å². The number of carbonyl (C=O) groups excluding carboxylic acids is 1. The Hall–Kier alpha value is -2.81. The SMILES string of the molecule is CCc1cc([C@@H](c2cccc(OC)c2OC)N2CCOCC2)c(NC(=O)c2ccco2)s1. The number of amides is 1. The molecule has 3 heterocycles. The van der Waals surface area contributed by atoms with Crippen molar-refractivity contribution in [2.45, 2.75) is 19.4 Å². The van der Waals surface area contributed by atoms with Crippen LogP contribution in [0.4, 0.5) is 5.00 Å². The molecule has 1 atom stereocenters. The van der Waals surface area contributed by atoms with Gasteiger partial charge in [-0.1, -0.05) is 19.1 Å². The van der Waals surface area contributed by atoms with E-state index in [-0.39, 0.29) is 17.7 Å². The summed E-state index contributed by atoms with van der Waals surface area (Å²) in [6.45, 7) is 4.97. The summed E-state index contributed by atoms with van der Waals surface area (Å²) in [4.78, 5) is 16.4. The summed E-state index contributed by atoms with van der Waals surface area (Å²) in [5, 5.41) is 3.89. The van der Waals surface area contributed by atoms with Gasteiger partial charge in [-0.05, 0) is 30.7 Å². The Morgan fingerprint density at radius 3 is 2.62 bits per heavy atom. The fourth-order valence-electron chi connectivity index (χ4n) is 4.03. The van der Waals surface area contributed by atoms with Crippen molar-refractivity contribution in [3.05, 3.63) is 64.4 Å². The Morgan fingerprint density at radius 1 is 1.16 bits per heavy atom. The highest BCUT2D eigenvalue weighted by molar-refractivity contribution is 7.16. The van der Waals surface area contributed by atoms with Crippen LogP contribution in [-0.2, 0) is 11.2 Å². The number of nitrogens with one attached hydrogen (secondary N) is 1. The molecule has 2 aromatic heterocycles. The minimum Gasteiger partial charge on any atom is -0.493 e. The van der Waals surface area contributed by atoms with Crippen LogP contribution in [0, 0.1) is 0 Å². The summed E-state index contributed by atoms with van der Waals surface area (Å²) in [5.41, 5.74) is 2.02. The first-order valence-corrected chi connectivity index (χ1v) is 11.5. The van der Waals surface area contributed by atoms with E-state index < -0.39 is 0 Å². The molecule has 0 radical (unpaired) electrons. The fraction of sp³-hybridized carbons (Fsp3) is 0.375. The number of carbonyl (C=O) groups is 1. The Bertz CT molecular complexity index is 1040. The first kappa shape index (κ1) is 22.4. The van der Waals surface area contributed by atoms with Gasteiger partial charge in [-0.2, -0.15) is 0 Å². The Kier molecular flexibility index (Phi) is 7.14. The number of hydrogen-bond donors (Lipinski definition) is 1. The lowest BCUT2D eigenvalue weighted by atomic mass is 9.96. The highest BCUT2D eigenvalue weighted by atomic mass is 32.1. The quantitative estimate of drug-likeness (QED) is 0.534. The van der Waals surface area contributed by atoms with Gasteiger partial charge in [0.2, 0.25) is 0 Å². The van der Waals surface area contributed by atoms with Gasteiger partial charge in [-0.15, -0.1) is 11.3 Å². The van der Waals surface area contributed by atoms with E-state index in [9.17, 15) is 4.79 Å². The van der Waals surface area contributed by atoms with Gasteiger partial charge in [-0.25, -0.2) is 0 Å². The van der Waals surface area contributed by atoms with Crippen LogP contribution < -0.4 is 14.8 Å². The third kappa shape index (κ3) is 4.53. The second-order valence-corrected chi connectivity index (χ2v) is 8.55. The van der Waals surface area contributed by atoms with E-state index in [1.165, 1.54) is 11.1 Å². The summed E-state index contributed by atoms with van der Waals surface area (Å²) in [5.74, 6) is 1.39. The first-order chi connectivity index (χ1) is 15.7. The number of benzene rings is 1. The van der Waals surface area contributed by atoms with Crippen LogP contribution >= 0.6 is 11.3 Å². The Balaban J connectivity index is 1.82. The summed E-state index contributed by atoms with van der Waals surface area (Å²) < 4.78 is 22.3. The molecular formula is C24H28N2O5S. The first-order valence-electron chi connectivity index (χ1n) is 10.7. The predicted octanol–water partition coefficient (Wildman–Crippen LogP) is 4.59. The molecule has 0 spiro atoms. The molecule has 1 amide bonds. The smallest absolute Gasteiger partial charge is 0.291 e. The van der Waals surface area contributed by atoms with E-state index in [0.717, 1.165) is 35.6 Å². The van der Waals surface area contributed by atoms with Crippen molar-refractivity contribution in [2.24, 2.45) is 0 Å². The summed E-state index contributed by atoms with van der Waals surface area (Å²) in [6, 6.07) is 11.3. The highest BCUT2D eigenvalue weighted by Crippen LogP contribution is 2.45. The fourth-order valence-corrected chi connectivity index (χ4v) is 5.05. The van der Waals surface area contributed by atoms with E-state index in [1.807, 2.05) is 12.1 Å². The average Bonchev–Trinajstić information content (AvgIpc) is 3.50. The molecule has 7 nitrogen and oxygen atoms in total. The van der Waals surface area contributed by atoms with Gasteiger partial charge in [0, 0.05) is 29.1 Å². The molecule has 3 aromatic rings. The maximum atomic E-state index is 12.8. The third-order valence-corrected chi connectivity index (χ3v) is 6.78. The molecule has 1 aliphatic rings. The number of furan rings is 1. The molecule has 0 bridgehead atoms. The normalized spacial score (nSPS) is 15.3. The summed E-state index contributed by atoms with van der Waals surface area (Å²) >= 11 is 1.59. The molecule has 0 saturated carbocycles. The van der Waals surface area contributed by atoms with E-state index in [4.69, 9.17) is 18.6 Å². The number of para-hydroxylation sites is 1. The number of nitrogens with zero attached hydrogens (tertiary/aromatic N) is 1. The van der Waals surface area contributed by atoms with Crippen LogP contribution in [0.3, 0.4) is 0 Å². The zero-order valence-corrected chi connectivity index (χ0v) is 19.4. The van der Waals surface area contributed by atoms with Crippen LogP contribution in [0.1, 0.15) is 39.5 Å². The minimum atomic E-state index is -0.265. The van der Waals surface area contributed by atoms with Crippen LogP contribution in [0.25, 0.3) is 0 Å². The van der Waals surface area contributed by atoms with Gasteiger partial charge >= 0.3 is 0 Å². The van der Waals surface area contributed by atoms with Crippen molar-refractivity contribution in [1.82, 2.24) is 4.90 Å². The van der Waals surface area contributed by atoms with Crippen LogP contribution in [0.2, 0.25) is 0 Å². The van der Waals surface area contributed by atoms with E-state index in [0.29, 0.717) is 24.7 Å². The molecule has 4 rings (SSSR count). The van der Waals surface area contributed by atoms with Crippen molar-refractivity contribution < 1.29 is 23.4 Å². The third-order valence-electron chi connectivity index (χ3n) is 5.57. The molecule has 0 aliphatic carbocycles. The second kappa shape index (κ2) is 10.2. The lowest BCUT2D eigenvalue weighted by molar-refractivity contribution is 0.0236. The number of aryl methyl sites for hydroxylation is 1. The second-order valence-electron chi connectivity index (χ2n) is 7.42. The highest BCUT2D eigenvalue weighted by Gasteiger charge is 2.32. The number of ether oxygens (including phenoxy) is 3. The van der Waals surface area contributed by atoms with E-state index in [1.54, 1.807) is 37.7 Å². The summed E-state index contributed by atoms with van der Waals surface area (Å²) in [6.07, 6.45) is 2.37. The van der Waals surface area contributed by atoms with E-state index in [2.05, 4.69) is 29.3 Å². The maximum absolute atomic E-state index is 12.8. The molecule has 170 valence electrons. The lowest BCUT2D eigenvalue weighted by Crippen LogP contribution is -2.39. The van der Waals surface area contributed by atoms with Crippen molar-refractivity contribution in [1.29, 1.82) is 0 Å². The predicted molar refractivity (Wildman–Crippen MR) is 124 cm³/mol. The van der Waals surface area contributed by atoms with Crippen molar-refractivity contribution in [2.75, 3.05) is 45.8 Å². The van der Waals surface area contributed by atoms with Gasteiger partial charge in [0.15, 0.2) is 17.3 Å². The molecule has 1 aromatic carbocycles. The van der Waals surface area contributed by atoms with Gasteiger partial charge < -0.3 is 23.9 Å². The topological polar surface area (TPSA) is 73.2 Å². The lowest BCUT2D eigenvalue weighted by Gasteiger charge is -2.36. The standard InChI is InChI=1S/C24H28N2O5S/c1-4-16-15-18(24(32-16)25-23(27)20-9-6-12-31-20)21(26-10-13-30-14-11-26)17-7-5-8-19(28-2)22(17)29-3/h5-9,12,15,21H,4,10-11,13-14H2,1-3H3,(H,25,27)/t21-/m1/s1. The van der Waals surface area contributed by atoms with Crippen LogP contribution in [0.15, 0.2) is 47.1 Å². The molecule has 0 unspecified atom stereocenters. The van der Waals surface area contributed by atoms with Crippen molar-refractivity contribution in [3.8, 4) is 11.5 Å². The number of thiophene rings is 1. The monoisotopic (exact) mass is 456 g/mol. The minimum absolute atomic E-state index is 0.132. The number of anilines is 1. The van der Waals surface area contributed by atoms with Crippen molar-refractivity contribution in [3.63, 3.8) is 0 Å². The number of methoxy groups -OCH3 is 2. The van der Waals surface area contributed by atoms with Gasteiger partial charge in [0.1, 0.15) is 5.00 Å². The Morgan fingerprint density at radius 2 is 1.97 bits per heavy atom. The van der Waals surface area contributed by atoms with Crippen LogP contribution in [0.5, 0.6) is 11.5 Å².